The Bertz CT molecular complexity index is 436. The van der Waals surface area contributed by atoms with Gasteiger partial charge in [0.2, 0.25) is 0 Å². The number of amides is 1. The molecule has 1 aromatic heterocycles. The van der Waals surface area contributed by atoms with E-state index in [2.05, 4.69) is 22.5 Å². The van der Waals surface area contributed by atoms with Gasteiger partial charge >= 0.3 is 0 Å². The van der Waals surface area contributed by atoms with Crippen LogP contribution in [-0.2, 0) is 0 Å². The molecule has 0 bridgehead atoms. The first-order valence-corrected chi connectivity index (χ1v) is 8.17. The molecule has 0 aliphatic heterocycles. The quantitative estimate of drug-likeness (QED) is 0.843. The molecule has 1 aliphatic rings. The van der Waals surface area contributed by atoms with E-state index in [1.165, 1.54) is 25.7 Å². The van der Waals surface area contributed by atoms with Crippen LogP contribution in [0.2, 0.25) is 0 Å². The lowest BCUT2D eigenvalue weighted by Crippen LogP contribution is -2.27. The average Bonchev–Trinajstić information content (AvgIpc) is 2.50. The number of nitrogens with zero attached hydrogens (tertiary/aromatic N) is 1. The molecule has 116 valence electrons. The normalized spacial score (nSPS) is 21.8. The highest BCUT2D eigenvalue weighted by atomic mass is 16.1. The molecule has 0 saturated heterocycles. The van der Waals surface area contributed by atoms with Gasteiger partial charge < -0.3 is 10.6 Å². The third-order valence-electron chi connectivity index (χ3n) is 4.36. The molecule has 1 saturated carbocycles. The summed E-state index contributed by atoms with van der Waals surface area (Å²) in [7, 11) is 0. The third-order valence-corrected chi connectivity index (χ3v) is 4.36. The van der Waals surface area contributed by atoms with Crippen molar-refractivity contribution in [2.45, 2.75) is 46.0 Å². The first-order valence-electron chi connectivity index (χ1n) is 8.17. The Morgan fingerprint density at radius 2 is 2.05 bits per heavy atom. The van der Waals surface area contributed by atoms with Crippen LogP contribution in [0.25, 0.3) is 0 Å². The average molecular weight is 289 g/mol. The minimum atomic E-state index is -0.0188. The highest BCUT2D eigenvalue weighted by Crippen LogP contribution is 2.29. The Morgan fingerprint density at radius 1 is 1.29 bits per heavy atom. The fraction of sp³-hybridized carbons (Fsp3) is 0.647. The number of pyridine rings is 1. The summed E-state index contributed by atoms with van der Waals surface area (Å²) in [5.41, 5.74) is 0.633. The number of hydrogen-bond donors (Lipinski definition) is 2. The van der Waals surface area contributed by atoms with E-state index in [-0.39, 0.29) is 5.91 Å². The molecule has 1 aliphatic carbocycles. The molecule has 4 heteroatoms. The summed E-state index contributed by atoms with van der Waals surface area (Å²) in [5, 5.41) is 6.13. The van der Waals surface area contributed by atoms with Crippen LogP contribution in [0.3, 0.4) is 0 Å². The van der Waals surface area contributed by atoms with E-state index in [0.717, 1.165) is 37.2 Å². The van der Waals surface area contributed by atoms with Gasteiger partial charge in [-0.3, -0.25) is 4.79 Å². The van der Waals surface area contributed by atoms with Gasteiger partial charge in [0.15, 0.2) is 0 Å². The number of nitrogens with one attached hydrogen (secondary N) is 2. The monoisotopic (exact) mass is 289 g/mol. The van der Waals surface area contributed by atoms with Gasteiger partial charge in [0.05, 0.1) is 5.56 Å². The minimum absolute atomic E-state index is 0.0188. The predicted octanol–water partition coefficient (Wildman–Crippen LogP) is 3.46. The molecule has 0 spiro atoms. The van der Waals surface area contributed by atoms with Gasteiger partial charge in [-0.1, -0.05) is 32.6 Å². The largest absolute Gasteiger partial charge is 0.370 e. The molecule has 0 aromatic carbocycles. The standard InChI is InChI=1S/C17H27N3O/c1-3-18-16-9-8-15(12-20-16)17(21)19-11-10-14-6-4-13(2)5-7-14/h8-9,12-14H,3-7,10-11H2,1-2H3,(H,18,20)(H,19,21). The lowest BCUT2D eigenvalue weighted by Gasteiger charge is -2.26. The maximum Gasteiger partial charge on any atom is 0.252 e. The van der Waals surface area contributed by atoms with Crippen molar-refractivity contribution in [3.8, 4) is 0 Å². The second kappa shape index (κ2) is 8.01. The Kier molecular flexibility index (Phi) is 6.03. The first-order chi connectivity index (χ1) is 10.2. The molecule has 0 unspecified atom stereocenters. The summed E-state index contributed by atoms with van der Waals surface area (Å²) in [6, 6.07) is 3.67. The third kappa shape index (κ3) is 5.03. The zero-order valence-electron chi connectivity index (χ0n) is 13.2. The highest BCUT2D eigenvalue weighted by Gasteiger charge is 2.18. The molecule has 1 heterocycles. The van der Waals surface area contributed by atoms with E-state index in [0.29, 0.717) is 5.56 Å². The lowest BCUT2D eigenvalue weighted by atomic mass is 9.81. The number of aromatic nitrogens is 1. The van der Waals surface area contributed by atoms with Crippen molar-refractivity contribution in [2.24, 2.45) is 11.8 Å². The Labute approximate surface area is 127 Å². The topological polar surface area (TPSA) is 54.0 Å². The molecule has 21 heavy (non-hydrogen) atoms. The molecule has 4 nitrogen and oxygen atoms in total. The van der Waals surface area contributed by atoms with E-state index in [4.69, 9.17) is 0 Å². The van der Waals surface area contributed by atoms with Gasteiger partial charge in [-0.15, -0.1) is 0 Å². The van der Waals surface area contributed by atoms with Crippen molar-refractivity contribution in [1.29, 1.82) is 0 Å². The molecule has 1 aromatic rings. The van der Waals surface area contributed by atoms with Gasteiger partial charge in [0, 0.05) is 19.3 Å². The number of hydrogen-bond acceptors (Lipinski definition) is 3. The lowest BCUT2D eigenvalue weighted by molar-refractivity contribution is 0.0949. The Morgan fingerprint density at radius 3 is 2.67 bits per heavy atom. The van der Waals surface area contributed by atoms with Crippen molar-refractivity contribution >= 4 is 11.7 Å². The summed E-state index contributed by atoms with van der Waals surface area (Å²) in [6.07, 6.45) is 8.05. The summed E-state index contributed by atoms with van der Waals surface area (Å²) >= 11 is 0. The first kappa shape index (κ1) is 15.8. The van der Waals surface area contributed by atoms with Crippen molar-refractivity contribution in [3.63, 3.8) is 0 Å². The van der Waals surface area contributed by atoms with Crippen molar-refractivity contribution < 1.29 is 4.79 Å². The van der Waals surface area contributed by atoms with E-state index in [1.807, 2.05) is 19.1 Å². The van der Waals surface area contributed by atoms with Crippen LogP contribution in [0.4, 0.5) is 5.82 Å². The second-order valence-corrected chi connectivity index (χ2v) is 6.13. The molecule has 2 rings (SSSR count). The smallest absolute Gasteiger partial charge is 0.252 e. The van der Waals surface area contributed by atoms with Crippen LogP contribution in [0, 0.1) is 11.8 Å². The molecule has 0 radical (unpaired) electrons. The zero-order valence-corrected chi connectivity index (χ0v) is 13.2. The number of rotatable bonds is 6. The summed E-state index contributed by atoms with van der Waals surface area (Å²) in [5.74, 6) is 2.47. The summed E-state index contributed by atoms with van der Waals surface area (Å²) in [4.78, 5) is 16.3. The number of carbonyl (C=O) groups is 1. The van der Waals surface area contributed by atoms with E-state index in [9.17, 15) is 4.79 Å². The highest BCUT2D eigenvalue weighted by molar-refractivity contribution is 5.94. The SMILES string of the molecule is CCNc1ccc(C(=O)NCCC2CCC(C)CC2)cn1. The van der Waals surface area contributed by atoms with Crippen LogP contribution >= 0.6 is 0 Å². The van der Waals surface area contributed by atoms with E-state index >= 15 is 0 Å². The zero-order chi connectivity index (χ0) is 15.1. The van der Waals surface area contributed by atoms with Gasteiger partial charge in [0.25, 0.3) is 5.91 Å². The molecule has 1 amide bonds. The summed E-state index contributed by atoms with van der Waals surface area (Å²) in [6.45, 7) is 5.96. The second-order valence-electron chi connectivity index (χ2n) is 6.13. The minimum Gasteiger partial charge on any atom is -0.370 e. The Balaban J connectivity index is 1.71. The molecule has 0 atom stereocenters. The van der Waals surface area contributed by atoms with Crippen LogP contribution < -0.4 is 10.6 Å². The van der Waals surface area contributed by atoms with E-state index < -0.39 is 0 Å². The van der Waals surface area contributed by atoms with E-state index in [1.54, 1.807) is 6.20 Å². The van der Waals surface area contributed by atoms with Crippen molar-refractivity contribution in [2.75, 3.05) is 18.4 Å². The van der Waals surface area contributed by atoms with Crippen molar-refractivity contribution in [1.82, 2.24) is 10.3 Å². The maximum atomic E-state index is 12.0. The molecule has 2 N–H and O–H groups in total. The van der Waals surface area contributed by atoms with Crippen LogP contribution in [0.1, 0.15) is 56.3 Å². The predicted molar refractivity (Wildman–Crippen MR) is 86.5 cm³/mol. The van der Waals surface area contributed by atoms with Gasteiger partial charge in [-0.05, 0) is 37.3 Å². The van der Waals surface area contributed by atoms with Crippen LogP contribution in [0.5, 0.6) is 0 Å². The Hall–Kier alpha value is -1.58. The molecule has 1 fully saturated rings. The number of carbonyl (C=O) groups excluding carboxylic acids is 1. The molecular formula is C17H27N3O. The van der Waals surface area contributed by atoms with Gasteiger partial charge in [0.1, 0.15) is 5.82 Å². The fourth-order valence-corrected chi connectivity index (χ4v) is 2.92. The van der Waals surface area contributed by atoms with Crippen LogP contribution in [-0.4, -0.2) is 24.0 Å². The van der Waals surface area contributed by atoms with Gasteiger partial charge in [-0.2, -0.15) is 0 Å². The summed E-state index contributed by atoms with van der Waals surface area (Å²) < 4.78 is 0. The number of anilines is 1. The van der Waals surface area contributed by atoms with Crippen LogP contribution in [0.15, 0.2) is 18.3 Å². The maximum absolute atomic E-state index is 12.0. The molecular weight excluding hydrogens is 262 g/mol. The van der Waals surface area contributed by atoms with Gasteiger partial charge in [-0.25, -0.2) is 4.98 Å². The van der Waals surface area contributed by atoms with Crippen molar-refractivity contribution in [3.05, 3.63) is 23.9 Å². The fourth-order valence-electron chi connectivity index (χ4n) is 2.92.